The molecule has 2 aliphatic rings. The van der Waals surface area contributed by atoms with E-state index in [0.717, 1.165) is 18.0 Å². The average Bonchev–Trinajstić information content (AvgIpc) is 2.32. The van der Waals surface area contributed by atoms with Gasteiger partial charge in [0, 0.05) is 12.6 Å². The van der Waals surface area contributed by atoms with Crippen LogP contribution in [0.2, 0.25) is 0 Å². The molecular weight excluding hydrogens is 202 g/mol. The van der Waals surface area contributed by atoms with Crippen LogP contribution >= 0.6 is 0 Å². The molecule has 3 heteroatoms. The summed E-state index contributed by atoms with van der Waals surface area (Å²) in [6, 6.07) is 4.81. The van der Waals surface area contributed by atoms with Crippen molar-refractivity contribution in [1.82, 2.24) is 5.32 Å². The highest BCUT2D eigenvalue weighted by molar-refractivity contribution is 5.50. The van der Waals surface area contributed by atoms with Crippen molar-refractivity contribution in [3.63, 3.8) is 0 Å². The molecule has 0 saturated heterocycles. The molecule has 2 aliphatic heterocycles. The van der Waals surface area contributed by atoms with Crippen molar-refractivity contribution in [2.75, 3.05) is 13.2 Å². The van der Waals surface area contributed by atoms with Gasteiger partial charge in [-0.3, -0.25) is 0 Å². The highest BCUT2D eigenvalue weighted by atomic mass is 16.6. The summed E-state index contributed by atoms with van der Waals surface area (Å²) in [6.07, 6.45) is 0. The second-order valence-electron chi connectivity index (χ2n) is 4.65. The largest absolute Gasteiger partial charge is 0.486 e. The van der Waals surface area contributed by atoms with E-state index in [1.165, 1.54) is 11.1 Å². The molecule has 2 heterocycles. The van der Waals surface area contributed by atoms with E-state index in [2.05, 4.69) is 31.3 Å². The second kappa shape index (κ2) is 3.67. The number of hydrogen-bond donors (Lipinski definition) is 1. The molecule has 1 N–H and O–H groups in total. The molecule has 86 valence electrons. The van der Waals surface area contributed by atoms with Gasteiger partial charge in [-0.15, -0.1) is 0 Å². The van der Waals surface area contributed by atoms with E-state index in [9.17, 15) is 0 Å². The van der Waals surface area contributed by atoms with Gasteiger partial charge in [0.25, 0.3) is 0 Å². The van der Waals surface area contributed by atoms with Crippen LogP contribution in [0.15, 0.2) is 12.1 Å². The van der Waals surface area contributed by atoms with Gasteiger partial charge in [0.2, 0.25) is 0 Å². The molecule has 0 aliphatic carbocycles. The second-order valence-corrected chi connectivity index (χ2v) is 4.65. The topological polar surface area (TPSA) is 30.5 Å². The van der Waals surface area contributed by atoms with Crippen molar-refractivity contribution in [3.8, 4) is 11.5 Å². The van der Waals surface area contributed by atoms with Crippen LogP contribution in [0.5, 0.6) is 11.5 Å². The van der Waals surface area contributed by atoms with E-state index >= 15 is 0 Å². The van der Waals surface area contributed by atoms with Crippen LogP contribution in [0.4, 0.5) is 0 Å². The third kappa shape index (κ3) is 1.47. The Morgan fingerprint density at radius 2 is 1.81 bits per heavy atom. The first-order chi connectivity index (χ1) is 7.75. The smallest absolute Gasteiger partial charge is 0.161 e. The van der Waals surface area contributed by atoms with Crippen molar-refractivity contribution in [3.05, 3.63) is 23.3 Å². The standard InChI is InChI=1S/C13H17NO2/c1-8-9(2)14-7-10-5-12-13(6-11(8)10)16-4-3-15-12/h5-6,8-9,14H,3-4,7H2,1-2H3. The first-order valence-electron chi connectivity index (χ1n) is 5.91. The molecule has 0 spiro atoms. The minimum atomic E-state index is 0.523. The van der Waals surface area contributed by atoms with E-state index < -0.39 is 0 Å². The average molecular weight is 219 g/mol. The van der Waals surface area contributed by atoms with E-state index in [4.69, 9.17) is 9.47 Å². The summed E-state index contributed by atoms with van der Waals surface area (Å²) >= 11 is 0. The molecule has 1 aromatic rings. The van der Waals surface area contributed by atoms with Gasteiger partial charge in [-0.25, -0.2) is 0 Å². The Morgan fingerprint density at radius 3 is 2.56 bits per heavy atom. The molecule has 3 nitrogen and oxygen atoms in total. The Balaban J connectivity index is 2.06. The predicted octanol–water partition coefficient (Wildman–Crippen LogP) is 2.05. The van der Waals surface area contributed by atoms with Crippen LogP contribution in [-0.4, -0.2) is 19.3 Å². The zero-order valence-corrected chi connectivity index (χ0v) is 9.75. The monoisotopic (exact) mass is 219 g/mol. The summed E-state index contributed by atoms with van der Waals surface area (Å²) in [5.41, 5.74) is 2.74. The molecule has 0 radical (unpaired) electrons. The molecule has 0 fully saturated rings. The first-order valence-corrected chi connectivity index (χ1v) is 5.91. The van der Waals surface area contributed by atoms with E-state index in [0.29, 0.717) is 25.2 Å². The van der Waals surface area contributed by atoms with Gasteiger partial charge in [0.15, 0.2) is 11.5 Å². The minimum Gasteiger partial charge on any atom is -0.486 e. The fourth-order valence-corrected chi connectivity index (χ4v) is 2.44. The number of nitrogens with one attached hydrogen (secondary N) is 1. The number of rotatable bonds is 0. The maximum absolute atomic E-state index is 5.63. The third-order valence-corrected chi connectivity index (χ3v) is 3.66. The van der Waals surface area contributed by atoms with Crippen LogP contribution in [0.1, 0.15) is 30.9 Å². The zero-order chi connectivity index (χ0) is 11.1. The lowest BCUT2D eigenvalue weighted by Gasteiger charge is -2.31. The number of hydrogen-bond acceptors (Lipinski definition) is 3. The Labute approximate surface area is 95.8 Å². The fourth-order valence-electron chi connectivity index (χ4n) is 2.44. The zero-order valence-electron chi connectivity index (χ0n) is 9.75. The Morgan fingerprint density at radius 1 is 1.12 bits per heavy atom. The summed E-state index contributed by atoms with van der Waals surface area (Å²) < 4.78 is 11.2. The normalized spacial score (nSPS) is 27.4. The Hall–Kier alpha value is -1.22. The lowest BCUT2D eigenvalue weighted by Crippen LogP contribution is -2.35. The molecule has 1 aromatic carbocycles. The molecular formula is C13H17NO2. The third-order valence-electron chi connectivity index (χ3n) is 3.66. The molecule has 0 saturated carbocycles. The molecule has 2 unspecified atom stereocenters. The number of fused-ring (bicyclic) bond motifs is 2. The predicted molar refractivity (Wildman–Crippen MR) is 62.1 cm³/mol. The highest BCUT2D eigenvalue weighted by Crippen LogP contribution is 2.38. The van der Waals surface area contributed by atoms with Crippen molar-refractivity contribution < 1.29 is 9.47 Å². The molecule has 16 heavy (non-hydrogen) atoms. The summed E-state index contributed by atoms with van der Waals surface area (Å²) in [4.78, 5) is 0. The summed E-state index contributed by atoms with van der Waals surface area (Å²) in [5, 5.41) is 3.50. The molecule has 0 aromatic heterocycles. The summed E-state index contributed by atoms with van der Waals surface area (Å²) in [7, 11) is 0. The maximum atomic E-state index is 5.63. The molecule has 0 amide bonds. The van der Waals surface area contributed by atoms with E-state index in [-0.39, 0.29) is 0 Å². The van der Waals surface area contributed by atoms with E-state index in [1.54, 1.807) is 0 Å². The van der Waals surface area contributed by atoms with Crippen LogP contribution in [0.3, 0.4) is 0 Å². The van der Waals surface area contributed by atoms with Crippen molar-refractivity contribution >= 4 is 0 Å². The van der Waals surface area contributed by atoms with Gasteiger partial charge in [-0.2, -0.15) is 0 Å². The lowest BCUT2D eigenvalue weighted by atomic mass is 9.86. The quantitative estimate of drug-likeness (QED) is 0.724. The van der Waals surface area contributed by atoms with Crippen molar-refractivity contribution in [2.24, 2.45) is 0 Å². The van der Waals surface area contributed by atoms with Crippen molar-refractivity contribution in [2.45, 2.75) is 32.4 Å². The van der Waals surface area contributed by atoms with Crippen LogP contribution in [0.25, 0.3) is 0 Å². The molecule has 3 rings (SSSR count). The lowest BCUT2D eigenvalue weighted by molar-refractivity contribution is 0.170. The summed E-state index contributed by atoms with van der Waals surface area (Å²) in [5.74, 6) is 2.33. The summed E-state index contributed by atoms with van der Waals surface area (Å²) in [6.45, 7) is 6.73. The SMILES string of the molecule is CC1NCc2cc3c(cc2C1C)OCCO3. The van der Waals surface area contributed by atoms with Gasteiger partial charge < -0.3 is 14.8 Å². The first kappa shape index (κ1) is 9.97. The van der Waals surface area contributed by atoms with Gasteiger partial charge >= 0.3 is 0 Å². The van der Waals surface area contributed by atoms with Gasteiger partial charge in [0.1, 0.15) is 13.2 Å². The minimum absolute atomic E-state index is 0.523. The molecule has 0 bridgehead atoms. The molecule has 2 atom stereocenters. The fraction of sp³-hybridized carbons (Fsp3) is 0.538. The van der Waals surface area contributed by atoms with Gasteiger partial charge in [0.05, 0.1) is 0 Å². The highest BCUT2D eigenvalue weighted by Gasteiger charge is 2.25. The van der Waals surface area contributed by atoms with Crippen LogP contribution in [0, 0.1) is 0 Å². The van der Waals surface area contributed by atoms with Gasteiger partial charge in [-0.05, 0) is 36.1 Å². The Bertz CT molecular complexity index is 417. The van der Waals surface area contributed by atoms with Crippen LogP contribution < -0.4 is 14.8 Å². The number of ether oxygens (including phenoxy) is 2. The van der Waals surface area contributed by atoms with Gasteiger partial charge in [-0.1, -0.05) is 6.92 Å². The number of benzene rings is 1. The van der Waals surface area contributed by atoms with E-state index in [1.807, 2.05) is 0 Å². The van der Waals surface area contributed by atoms with Crippen molar-refractivity contribution in [1.29, 1.82) is 0 Å². The maximum Gasteiger partial charge on any atom is 0.161 e. The van der Waals surface area contributed by atoms with Crippen LogP contribution in [-0.2, 0) is 6.54 Å². The Kier molecular flexibility index (Phi) is 2.28.